The van der Waals surface area contributed by atoms with Crippen LogP contribution in [0, 0.1) is 0 Å². The SMILES string of the molecule is Brc1ccc(CNc2cccc3cc(Br)cnc23)nc1. The number of pyridine rings is 2. The summed E-state index contributed by atoms with van der Waals surface area (Å²) < 4.78 is 1.97. The van der Waals surface area contributed by atoms with Gasteiger partial charge < -0.3 is 5.32 Å². The van der Waals surface area contributed by atoms with Crippen LogP contribution in [0.2, 0.25) is 0 Å². The lowest BCUT2D eigenvalue weighted by molar-refractivity contribution is 1.04. The minimum absolute atomic E-state index is 0.671. The summed E-state index contributed by atoms with van der Waals surface area (Å²) in [5.41, 5.74) is 2.97. The normalized spacial score (nSPS) is 10.7. The highest BCUT2D eigenvalue weighted by Crippen LogP contribution is 2.24. The van der Waals surface area contributed by atoms with E-state index < -0.39 is 0 Å². The topological polar surface area (TPSA) is 37.8 Å². The van der Waals surface area contributed by atoms with Crippen LogP contribution in [0.3, 0.4) is 0 Å². The molecule has 0 saturated carbocycles. The second-order valence-electron chi connectivity index (χ2n) is 4.35. The average Bonchev–Trinajstić information content (AvgIpc) is 2.46. The summed E-state index contributed by atoms with van der Waals surface area (Å²) in [6.07, 6.45) is 3.61. The number of benzene rings is 1. The van der Waals surface area contributed by atoms with Crippen molar-refractivity contribution in [3.05, 3.63) is 63.4 Å². The molecule has 2 heterocycles. The Hall–Kier alpha value is -1.46. The Morgan fingerprint density at radius 3 is 2.60 bits per heavy atom. The van der Waals surface area contributed by atoms with Crippen LogP contribution in [-0.2, 0) is 6.54 Å². The lowest BCUT2D eigenvalue weighted by Gasteiger charge is -2.09. The fraction of sp³-hybridized carbons (Fsp3) is 0.0667. The highest BCUT2D eigenvalue weighted by Gasteiger charge is 2.03. The summed E-state index contributed by atoms with van der Waals surface area (Å²) in [5.74, 6) is 0. The van der Waals surface area contributed by atoms with E-state index in [0.29, 0.717) is 6.54 Å². The predicted molar refractivity (Wildman–Crippen MR) is 88.7 cm³/mol. The van der Waals surface area contributed by atoms with E-state index in [4.69, 9.17) is 0 Å². The molecule has 2 aromatic heterocycles. The molecule has 3 nitrogen and oxygen atoms in total. The van der Waals surface area contributed by atoms with Crippen molar-refractivity contribution < 1.29 is 0 Å². The van der Waals surface area contributed by atoms with Crippen LogP contribution in [0.4, 0.5) is 5.69 Å². The number of rotatable bonds is 3. The van der Waals surface area contributed by atoms with Crippen LogP contribution in [0.25, 0.3) is 10.9 Å². The molecule has 0 unspecified atom stereocenters. The zero-order chi connectivity index (χ0) is 13.9. The number of nitrogens with zero attached hydrogens (tertiary/aromatic N) is 2. The standard InChI is InChI=1S/C15H11Br2N3/c16-11-4-5-13(18-7-11)9-19-14-3-1-2-10-6-12(17)8-20-15(10)14/h1-8,19H,9H2. The van der Waals surface area contributed by atoms with E-state index >= 15 is 0 Å². The molecule has 3 aromatic rings. The van der Waals surface area contributed by atoms with Crippen LogP contribution in [-0.4, -0.2) is 9.97 Å². The van der Waals surface area contributed by atoms with E-state index in [9.17, 15) is 0 Å². The lowest BCUT2D eigenvalue weighted by Crippen LogP contribution is -2.02. The third kappa shape index (κ3) is 2.99. The second-order valence-corrected chi connectivity index (χ2v) is 6.18. The summed E-state index contributed by atoms with van der Waals surface area (Å²) in [7, 11) is 0. The van der Waals surface area contributed by atoms with Crippen molar-refractivity contribution >= 4 is 48.5 Å². The van der Waals surface area contributed by atoms with Crippen LogP contribution in [0.1, 0.15) is 5.69 Å². The van der Waals surface area contributed by atoms with Crippen molar-refractivity contribution in [2.75, 3.05) is 5.32 Å². The van der Waals surface area contributed by atoms with Crippen molar-refractivity contribution in [2.24, 2.45) is 0 Å². The molecule has 0 bridgehead atoms. The second kappa shape index (κ2) is 5.89. The van der Waals surface area contributed by atoms with Gasteiger partial charge in [-0.05, 0) is 56.1 Å². The Kier molecular flexibility index (Phi) is 3.98. The maximum atomic E-state index is 4.47. The molecule has 0 radical (unpaired) electrons. The first-order valence-corrected chi connectivity index (χ1v) is 7.69. The summed E-state index contributed by atoms with van der Waals surface area (Å²) >= 11 is 6.83. The van der Waals surface area contributed by atoms with Gasteiger partial charge in [0.05, 0.1) is 23.4 Å². The van der Waals surface area contributed by atoms with Gasteiger partial charge in [-0.1, -0.05) is 12.1 Å². The zero-order valence-corrected chi connectivity index (χ0v) is 13.6. The lowest BCUT2D eigenvalue weighted by atomic mass is 10.2. The maximum Gasteiger partial charge on any atom is 0.0934 e. The molecule has 5 heteroatoms. The van der Waals surface area contributed by atoms with Gasteiger partial charge in [0, 0.05) is 26.7 Å². The largest absolute Gasteiger partial charge is 0.378 e. The Bertz CT molecular complexity index is 742. The number of para-hydroxylation sites is 1. The molecular formula is C15H11Br2N3. The molecule has 1 aromatic carbocycles. The summed E-state index contributed by atoms with van der Waals surface area (Å²) in [5, 5.41) is 4.49. The Balaban J connectivity index is 1.85. The van der Waals surface area contributed by atoms with E-state index in [1.165, 1.54) is 0 Å². The molecule has 0 amide bonds. The highest BCUT2D eigenvalue weighted by molar-refractivity contribution is 9.10. The predicted octanol–water partition coefficient (Wildman–Crippen LogP) is 4.77. The Morgan fingerprint density at radius 2 is 1.80 bits per heavy atom. The van der Waals surface area contributed by atoms with E-state index in [0.717, 1.165) is 31.2 Å². The number of fused-ring (bicyclic) bond motifs is 1. The summed E-state index contributed by atoms with van der Waals surface area (Å²) in [6, 6.07) is 12.1. The van der Waals surface area contributed by atoms with Crippen molar-refractivity contribution in [3.8, 4) is 0 Å². The van der Waals surface area contributed by atoms with Gasteiger partial charge in [0.2, 0.25) is 0 Å². The smallest absolute Gasteiger partial charge is 0.0934 e. The first-order valence-electron chi connectivity index (χ1n) is 6.11. The van der Waals surface area contributed by atoms with Gasteiger partial charge in [0.25, 0.3) is 0 Å². The molecule has 100 valence electrons. The maximum absolute atomic E-state index is 4.47. The molecular weight excluding hydrogens is 382 g/mol. The summed E-state index contributed by atoms with van der Waals surface area (Å²) in [6.45, 7) is 0.671. The van der Waals surface area contributed by atoms with Gasteiger partial charge in [-0.2, -0.15) is 0 Å². The molecule has 0 spiro atoms. The molecule has 0 aliphatic heterocycles. The molecule has 0 saturated heterocycles. The van der Waals surface area contributed by atoms with Crippen molar-refractivity contribution in [2.45, 2.75) is 6.54 Å². The number of aromatic nitrogens is 2. The molecule has 20 heavy (non-hydrogen) atoms. The van der Waals surface area contributed by atoms with Gasteiger partial charge in [-0.15, -0.1) is 0 Å². The van der Waals surface area contributed by atoms with Gasteiger partial charge in [-0.25, -0.2) is 0 Å². The Morgan fingerprint density at radius 1 is 0.950 bits per heavy atom. The third-order valence-electron chi connectivity index (χ3n) is 2.93. The van der Waals surface area contributed by atoms with E-state index in [2.05, 4.69) is 59.3 Å². The van der Waals surface area contributed by atoms with Gasteiger partial charge in [-0.3, -0.25) is 9.97 Å². The quantitative estimate of drug-likeness (QED) is 0.697. The molecule has 1 N–H and O–H groups in total. The number of anilines is 1. The molecule has 0 aliphatic carbocycles. The first-order chi connectivity index (χ1) is 9.72. The van der Waals surface area contributed by atoms with Crippen molar-refractivity contribution in [1.82, 2.24) is 9.97 Å². The van der Waals surface area contributed by atoms with Gasteiger partial charge in [0.15, 0.2) is 0 Å². The summed E-state index contributed by atoms with van der Waals surface area (Å²) in [4.78, 5) is 8.82. The third-order valence-corrected chi connectivity index (χ3v) is 3.83. The van der Waals surface area contributed by atoms with Crippen LogP contribution >= 0.6 is 31.9 Å². The fourth-order valence-electron chi connectivity index (χ4n) is 1.97. The van der Waals surface area contributed by atoms with Crippen LogP contribution in [0.5, 0.6) is 0 Å². The minimum Gasteiger partial charge on any atom is -0.378 e. The van der Waals surface area contributed by atoms with Crippen molar-refractivity contribution in [3.63, 3.8) is 0 Å². The van der Waals surface area contributed by atoms with E-state index in [-0.39, 0.29) is 0 Å². The monoisotopic (exact) mass is 391 g/mol. The molecule has 3 rings (SSSR count). The van der Waals surface area contributed by atoms with Crippen LogP contribution in [0.15, 0.2) is 57.7 Å². The molecule has 0 fully saturated rings. The van der Waals surface area contributed by atoms with Crippen LogP contribution < -0.4 is 5.32 Å². The highest BCUT2D eigenvalue weighted by atomic mass is 79.9. The minimum atomic E-state index is 0.671. The van der Waals surface area contributed by atoms with E-state index in [1.807, 2.05) is 30.5 Å². The number of hydrogen-bond donors (Lipinski definition) is 1. The number of nitrogens with one attached hydrogen (secondary N) is 1. The number of halogens is 2. The van der Waals surface area contributed by atoms with E-state index in [1.54, 1.807) is 6.20 Å². The van der Waals surface area contributed by atoms with Gasteiger partial charge >= 0.3 is 0 Å². The zero-order valence-electron chi connectivity index (χ0n) is 10.5. The first kappa shape index (κ1) is 13.5. The fourth-order valence-corrected chi connectivity index (χ4v) is 2.56. The Labute approximate surface area is 133 Å². The average molecular weight is 393 g/mol. The number of hydrogen-bond acceptors (Lipinski definition) is 3. The van der Waals surface area contributed by atoms with Crippen molar-refractivity contribution in [1.29, 1.82) is 0 Å². The molecule has 0 atom stereocenters. The van der Waals surface area contributed by atoms with Gasteiger partial charge in [0.1, 0.15) is 0 Å². The molecule has 0 aliphatic rings.